The van der Waals surface area contributed by atoms with E-state index in [1.165, 1.54) is 44.9 Å². The minimum Gasteiger partial charge on any atom is -0.494 e. The van der Waals surface area contributed by atoms with Crippen molar-refractivity contribution in [3.8, 4) is 29.4 Å². The smallest absolute Gasteiger partial charge is 0.119 e. The molecule has 0 bridgehead atoms. The van der Waals surface area contributed by atoms with Gasteiger partial charge in [-0.2, -0.15) is 0 Å². The van der Waals surface area contributed by atoms with Gasteiger partial charge in [0.25, 0.3) is 0 Å². The second-order valence-corrected chi connectivity index (χ2v) is 8.72. The van der Waals surface area contributed by atoms with E-state index in [1.807, 2.05) is 55.5 Å². The lowest BCUT2D eigenvalue weighted by molar-refractivity contribution is 0.182. The summed E-state index contributed by atoms with van der Waals surface area (Å²) < 4.78 is 5.87. The van der Waals surface area contributed by atoms with Crippen LogP contribution in [-0.4, -0.2) is 17.8 Å². The molecule has 0 aliphatic heterocycles. The molecule has 0 spiro atoms. The van der Waals surface area contributed by atoms with Crippen LogP contribution < -0.4 is 4.74 Å². The Kier molecular flexibility index (Phi) is 13.6. The molecule has 1 N–H and O–H groups in total. The topological polar surface area (TPSA) is 29.5 Å². The SMILES string of the molecule is CCCCCCCCCCOc1ccc(C#Cc2ccc(C#CCCCC(C)O)cc2)cc1. The summed E-state index contributed by atoms with van der Waals surface area (Å²) >= 11 is 0. The number of benzene rings is 2. The summed E-state index contributed by atoms with van der Waals surface area (Å²) in [6.07, 6.45) is 12.8. The first-order valence-electron chi connectivity index (χ1n) is 12.7. The van der Waals surface area contributed by atoms with Gasteiger partial charge in [-0.25, -0.2) is 0 Å². The summed E-state index contributed by atoms with van der Waals surface area (Å²) in [6, 6.07) is 16.1. The van der Waals surface area contributed by atoms with Gasteiger partial charge >= 0.3 is 0 Å². The highest BCUT2D eigenvalue weighted by Gasteiger charge is 1.96. The molecule has 2 heteroatoms. The normalized spacial score (nSPS) is 11.1. The predicted molar refractivity (Wildman–Crippen MR) is 139 cm³/mol. The summed E-state index contributed by atoms with van der Waals surface area (Å²) in [5, 5.41) is 9.26. The van der Waals surface area contributed by atoms with Gasteiger partial charge in [-0.1, -0.05) is 75.6 Å². The zero-order valence-corrected chi connectivity index (χ0v) is 20.5. The summed E-state index contributed by atoms with van der Waals surface area (Å²) in [4.78, 5) is 0. The standard InChI is InChI=1S/C31H40O2/c1-3-4-5-6-7-8-9-13-26-33-31-24-22-30(23-25-31)21-20-29-18-16-28(17-19-29)15-12-10-11-14-27(2)32/h16-19,22-25,27,32H,3-11,13-14,26H2,1-2H3. The molecule has 176 valence electrons. The van der Waals surface area contributed by atoms with Crippen molar-refractivity contribution in [1.29, 1.82) is 0 Å². The largest absolute Gasteiger partial charge is 0.494 e. The van der Waals surface area contributed by atoms with Gasteiger partial charge in [-0.15, -0.1) is 0 Å². The zero-order chi connectivity index (χ0) is 23.6. The van der Waals surface area contributed by atoms with E-state index in [-0.39, 0.29) is 6.10 Å². The first-order chi connectivity index (χ1) is 16.2. The van der Waals surface area contributed by atoms with Gasteiger partial charge in [0.05, 0.1) is 12.7 Å². The second-order valence-electron chi connectivity index (χ2n) is 8.72. The fourth-order valence-electron chi connectivity index (χ4n) is 3.49. The monoisotopic (exact) mass is 444 g/mol. The van der Waals surface area contributed by atoms with Gasteiger partial charge in [-0.3, -0.25) is 0 Å². The molecule has 0 saturated carbocycles. The molecule has 0 amide bonds. The van der Waals surface area contributed by atoms with E-state index in [0.29, 0.717) is 0 Å². The average molecular weight is 445 g/mol. The van der Waals surface area contributed by atoms with Crippen LogP contribution in [0.4, 0.5) is 0 Å². The molecule has 0 radical (unpaired) electrons. The van der Waals surface area contributed by atoms with E-state index in [0.717, 1.165) is 54.7 Å². The maximum Gasteiger partial charge on any atom is 0.119 e. The maximum atomic E-state index is 9.26. The van der Waals surface area contributed by atoms with Gasteiger partial charge in [0, 0.05) is 23.1 Å². The summed E-state index contributed by atoms with van der Waals surface area (Å²) in [6.45, 7) is 4.86. The van der Waals surface area contributed by atoms with Crippen LogP contribution in [0, 0.1) is 23.7 Å². The molecule has 0 heterocycles. The Bertz CT molecular complexity index is 886. The summed E-state index contributed by atoms with van der Waals surface area (Å²) in [7, 11) is 0. The lowest BCUT2D eigenvalue weighted by Crippen LogP contribution is -1.97. The number of hydrogen-bond acceptors (Lipinski definition) is 2. The van der Waals surface area contributed by atoms with E-state index in [1.54, 1.807) is 0 Å². The Morgan fingerprint density at radius 1 is 0.697 bits per heavy atom. The van der Waals surface area contributed by atoms with Crippen molar-refractivity contribution in [2.75, 3.05) is 6.61 Å². The van der Waals surface area contributed by atoms with Gasteiger partial charge in [0.1, 0.15) is 5.75 Å². The van der Waals surface area contributed by atoms with Crippen LogP contribution in [0.2, 0.25) is 0 Å². The van der Waals surface area contributed by atoms with Crippen molar-refractivity contribution in [2.24, 2.45) is 0 Å². The van der Waals surface area contributed by atoms with Gasteiger partial charge in [0.2, 0.25) is 0 Å². The lowest BCUT2D eigenvalue weighted by atomic mass is 10.1. The number of hydrogen-bond donors (Lipinski definition) is 1. The number of aliphatic hydroxyl groups is 1. The lowest BCUT2D eigenvalue weighted by Gasteiger charge is -2.06. The zero-order valence-electron chi connectivity index (χ0n) is 20.5. The quantitative estimate of drug-likeness (QED) is 0.256. The fraction of sp³-hybridized carbons (Fsp3) is 0.484. The molecule has 0 aliphatic carbocycles. The van der Waals surface area contributed by atoms with Crippen molar-refractivity contribution in [1.82, 2.24) is 0 Å². The number of rotatable bonds is 13. The van der Waals surface area contributed by atoms with Gasteiger partial charge < -0.3 is 9.84 Å². The number of unbranched alkanes of at least 4 members (excludes halogenated alkanes) is 8. The molecular weight excluding hydrogens is 404 g/mol. The van der Waals surface area contributed by atoms with Crippen molar-refractivity contribution in [3.05, 3.63) is 65.2 Å². The Morgan fingerprint density at radius 2 is 1.21 bits per heavy atom. The molecule has 0 fully saturated rings. The Labute approximate surface area is 201 Å². The van der Waals surface area contributed by atoms with Crippen LogP contribution in [-0.2, 0) is 0 Å². The highest BCUT2D eigenvalue weighted by molar-refractivity contribution is 5.46. The van der Waals surface area contributed by atoms with E-state index in [4.69, 9.17) is 4.74 Å². The van der Waals surface area contributed by atoms with E-state index < -0.39 is 0 Å². The Balaban J connectivity index is 1.68. The molecule has 1 atom stereocenters. The molecular formula is C31H40O2. The molecule has 2 rings (SSSR count). The third-order valence-corrected chi connectivity index (χ3v) is 5.51. The first-order valence-corrected chi connectivity index (χ1v) is 12.7. The van der Waals surface area contributed by atoms with Crippen LogP contribution >= 0.6 is 0 Å². The van der Waals surface area contributed by atoms with E-state index >= 15 is 0 Å². The van der Waals surface area contributed by atoms with Crippen molar-refractivity contribution in [2.45, 2.75) is 90.6 Å². The fourth-order valence-corrected chi connectivity index (χ4v) is 3.49. The van der Waals surface area contributed by atoms with Crippen molar-refractivity contribution >= 4 is 0 Å². The first kappa shape index (κ1) is 26.6. The molecule has 2 aromatic rings. The van der Waals surface area contributed by atoms with E-state index in [2.05, 4.69) is 30.6 Å². The highest BCUT2D eigenvalue weighted by Crippen LogP contribution is 2.14. The molecule has 1 unspecified atom stereocenters. The van der Waals surface area contributed by atoms with E-state index in [9.17, 15) is 5.11 Å². The van der Waals surface area contributed by atoms with Crippen LogP contribution in [0.5, 0.6) is 5.75 Å². The molecule has 2 aromatic carbocycles. The van der Waals surface area contributed by atoms with Gasteiger partial charge in [0.15, 0.2) is 0 Å². The molecule has 0 aliphatic rings. The number of aliphatic hydroxyl groups excluding tert-OH is 1. The highest BCUT2D eigenvalue weighted by atomic mass is 16.5. The summed E-state index contributed by atoms with van der Waals surface area (Å²) in [5.74, 6) is 13.7. The second kappa shape index (κ2) is 16.9. The average Bonchev–Trinajstić information content (AvgIpc) is 2.83. The Morgan fingerprint density at radius 3 is 1.79 bits per heavy atom. The Hall–Kier alpha value is -2.68. The number of ether oxygens (including phenoxy) is 1. The molecule has 0 saturated heterocycles. The van der Waals surface area contributed by atoms with Crippen molar-refractivity contribution in [3.63, 3.8) is 0 Å². The third kappa shape index (κ3) is 12.8. The van der Waals surface area contributed by atoms with Crippen LogP contribution in [0.3, 0.4) is 0 Å². The van der Waals surface area contributed by atoms with Gasteiger partial charge in [-0.05, 0) is 74.7 Å². The molecule has 33 heavy (non-hydrogen) atoms. The molecule has 2 nitrogen and oxygen atoms in total. The van der Waals surface area contributed by atoms with Crippen LogP contribution in [0.25, 0.3) is 0 Å². The summed E-state index contributed by atoms with van der Waals surface area (Å²) in [5.41, 5.74) is 2.96. The molecule has 0 aromatic heterocycles. The third-order valence-electron chi connectivity index (χ3n) is 5.51. The minimum absolute atomic E-state index is 0.242. The van der Waals surface area contributed by atoms with Crippen LogP contribution in [0.15, 0.2) is 48.5 Å². The predicted octanol–water partition coefficient (Wildman–Crippen LogP) is 7.51. The van der Waals surface area contributed by atoms with Crippen LogP contribution in [0.1, 0.15) is 101 Å². The van der Waals surface area contributed by atoms with Crippen molar-refractivity contribution < 1.29 is 9.84 Å². The minimum atomic E-state index is -0.242. The maximum absolute atomic E-state index is 9.26.